The highest BCUT2D eigenvalue weighted by atomic mass is 79.9. The zero-order valence-corrected chi connectivity index (χ0v) is 12.4. The van der Waals surface area contributed by atoms with Crippen LogP contribution in [0.4, 0.5) is 0 Å². The minimum absolute atomic E-state index is 0.0346. The van der Waals surface area contributed by atoms with Gasteiger partial charge in [0.05, 0.1) is 4.34 Å². The molecule has 1 atom stereocenters. The molecule has 0 aliphatic carbocycles. The summed E-state index contributed by atoms with van der Waals surface area (Å²) < 4.78 is 26.4. The highest BCUT2D eigenvalue weighted by Gasteiger charge is 2.20. The van der Waals surface area contributed by atoms with E-state index < -0.39 is 10.0 Å². The first kappa shape index (κ1) is 13.7. The summed E-state index contributed by atoms with van der Waals surface area (Å²) >= 11 is 15.7. The van der Waals surface area contributed by atoms with Gasteiger partial charge in [-0.05, 0) is 6.07 Å². The van der Waals surface area contributed by atoms with Crippen molar-refractivity contribution in [1.82, 2.24) is 4.72 Å². The van der Waals surface area contributed by atoms with Crippen molar-refractivity contribution >= 4 is 60.5 Å². The smallest absolute Gasteiger partial charge is 0.210 e. The lowest BCUT2D eigenvalue weighted by Gasteiger charge is -2.06. The summed E-state index contributed by atoms with van der Waals surface area (Å²) in [6.07, 6.45) is 0. The maximum Gasteiger partial charge on any atom is 0.242 e. The van der Waals surface area contributed by atoms with Crippen LogP contribution in [-0.4, -0.2) is 19.8 Å². The Hall–Kier alpha value is 0.670. The molecule has 0 amide bonds. The average Bonchev–Trinajstić information content (AvgIpc) is 2.43. The lowest BCUT2D eigenvalue weighted by Crippen LogP contribution is -2.28. The second-order valence-corrected chi connectivity index (χ2v) is 8.41. The molecule has 86 valence electrons. The fourth-order valence-corrected chi connectivity index (χ4v) is 4.46. The van der Waals surface area contributed by atoms with Crippen LogP contribution in [-0.2, 0) is 10.0 Å². The number of hydrogen-bond acceptors (Lipinski definition) is 3. The molecule has 15 heavy (non-hydrogen) atoms. The Morgan fingerprint density at radius 3 is 2.60 bits per heavy atom. The van der Waals surface area contributed by atoms with Gasteiger partial charge in [-0.15, -0.1) is 11.3 Å². The van der Waals surface area contributed by atoms with Gasteiger partial charge in [0, 0.05) is 11.4 Å². The van der Waals surface area contributed by atoms with Crippen molar-refractivity contribution in [1.29, 1.82) is 0 Å². The maximum atomic E-state index is 11.7. The quantitative estimate of drug-likeness (QED) is 0.846. The molecule has 0 saturated carbocycles. The van der Waals surface area contributed by atoms with E-state index in [1.165, 1.54) is 6.07 Å². The van der Waals surface area contributed by atoms with Crippen molar-refractivity contribution < 1.29 is 8.42 Å². The first-order valence-electron chi connectivity index (χ1n) is 3.91. The summed E-state index contributed by atoms with van der Waals surface area (Å²) in [7, 11) is -3.55. The minimum Gasteiger partial charge on any atom is -0.210 e. The van der Waals surface area contributed by atoms with Crippen molar-refractivity contribution in [2.75, 3.05) is 6.54 Å². The number of alkyl halides is 1. The Balaban J connectivity index is 2.91. The van der Waals surface area contributed by atoms with Crippen molar-refractivity contribution in [3.05, 3.63) is 14.7 Å². The molecule has 0 radical (unpaired) electrons. The van der Waals surface area contributed by atoms with E-state index in [1.807, 2.05) is 6.92 Å². The topological polar surface area (TPSA) is 46.2 Å². The number of hydrogen-bond donors (Lipinski definition) is 1. The zero-order chi connectivity index (χ0) is 11.6. The van der Waals surface area contributed by atoms with Gasteiger partial charge in [-0.2, -0.15) is 0 Å². The zero-order valence-electron chi connectivity index (χ0n) is 7.63. The Bertz CT molecular complexity index is 444. The monoisotopic (exact) mass is 351 g/mol. The molecule has 1 aromatic rings. The van der Waals surface area contributed by atoms with E-state index in [0.29, 0.717) is 10.9 Å². The number of halogens is 3. The van der Waals surface area contributed by atoms with E-state index in [1.54, 1.807) is 0 Å². The molecule has 1 rings (SSSR count). The summed E-state index contributed by atoms with van der Waals surface area (Å²) in [5, 5.41) is 0. The van der Waals surface area contributed by atoms with Crippen molar-refractivity contribution in [2.24, 2.45) is 0 Å². The lowest BCUT2D eigenvalue weighted by molar-refractivity contribution is 0.582. The molecule has 1 N–H and O–H groups in total. The van der Waals surface area contributed by atoms with Gasteiger partial charge in [0.2, 0.25) is 10.0 Å². The number of sulfonamides is 1. The highest BCUT2D eigenvalue weighted by molar-refractivity contribution is 9.09. The van der Waals surface area contributed by atoms with E-state index in [9.17, 15) is 8.42 Å². The van der Waals surface area contributed by atoms with Crippen LogP contribution < -0.4 is 4.72 Å². The van der Waals surface area contributed by atoms with E-state index in [2.05, 4.69) is 20.7 Å². The lowest BCUT2D eigenvalue weighted by atomic mass is 10.5. The van der Waals surface area contributed by atoms with Crippen molar-refractivity contribution in [2.45, 2.75) is 16.6 Å². The molecular formula is C7H8BrCl2NO2S2. The maximum absolute atomic E-state index is 11.7. The molecule has 1 unspecified atom stereocenters. The molecule has 0 aliphatic heterocycles. The van der Waals surface area contributed by atoms with Crippen LogP contribution in [0.5, 0.6) is 0 Å². The largest absolute Gasteiger partial charge is 0.242 e. The van der Waals surface area contributed by atoms with Gasteiger partial charge in [-0.1, -0.05) is 46.1 Å². The fraction of sp³-hybridized carbons (Fsp3) is 0.429. The molecule has 0 fully saturated rings. The van der Waals surface area contributed by atoms with Crippen LogP contribution in [0.1, 0.15) is 6.92 Å². The third-order valence-electron chi connectivity index (χ3n) is 1.47. The number of nitrogens with one attached hydrogen (secondary N) is 1. The molecule has 0 aliphatic rings. The highest BCUT2D eigenvalue weighted by Crippen LogP contribution is 2.33. The normalized spacial score (nSPS) is 14.1. The minimum atomic E-state index is -3.55. The molecule has 1 aromatic heterocycles. The SMILES string of the molecule is CC(Br)CNS(=O)(=O)c1cc(Cl)sc1Cl. The Kier molecular flexibility index (Phi) is 4.88. The molecule has 1 heterocycles. The average molecular weight is 353 g/mol. The van der Waals surface area contributed by atoms with Gasteiger partial charge in [0.1, 0.15) is 9.23 Å². The number of rotatable bonds is 4. The van der Waals surface area contributed by atoms with Gasteiger partial charge < -0.3 is 0 Å². The summed E-state index contributed by atoms with van der Waals surface area (Å²) in [4.78, 5) is 0.0903. The summed E-state index contributed by atoms with van der Waals surface area (Å²) in [5.74, 6) is 0. The van der Waals surface area contributed by atoms with Crippen LogP contribution >= 0.6 is 50.5 Å². The number of thiophene rings is 1. The molecular weight excluding hydrogens is 345 g/mol. The van der Waals surface area contributed by atoms with Gasteiger partial charge in [-0.3, -0.25) is 0 Å². The predicted molar refractivity (Wildman–Crippen MR) is 67.9 cm³/mol. The van der Waals surface area contributed by atoms with Gasteiger partial charge in [-0.25, -0.2) is 13.1 Å². The molecule has 0 aromatic carbocycles. The van der Waals surface area contributed by atoms with E-state index >= 15 is 0 Å². The Morgan fingerprint density at radius 2 is 2.20 bits per heavy atom. The van der Waals surface area contributed by atoms with E-state index in [0.717, 1.165) is 11.3 Å². The fourth-order valence-electron chi connectivity index (χ4n) is 0.811. The first-order valence-corrected chi connectivity index (χ1v) is 7.88. The summed E-state index contributed by atoms with van der Waals surface area (Å²) in [5.41, 5.74) is 0. The van der Waals surface area contributed by atoms with Gasteiger partial charge >= 0.3 is 0 Å². The standard InChI is InChI=1S/C7H8BrCl2NO2S2/c1-4(8)3-11-15(12,13)5-2-6(9)14-7(5)10/h2,4,11H,3H2,1H3. The van der Waals surface area contributed by atoms with Crippen LogP contribution in [0.15, 0.2) is 11.0 Å². The summed E-state index contributed by atoms with van der Waals surface area (Å²) in [6.45, 7) is 2.14. The van der Waals surface area contributed by atoms with Crippen molar-refractivity contribution in [3.8, 4) is 0 Å². The molecule has 0 spiro atoms. The van der Waals surface area contributed by atoms with Crippen LogP contribution in [0.2, 0.25) is 8.67 Å². The van der Waals surface area contributed by atoms with E-state index in [-0.39, 0.29) is 14.1 Å². The van der Waals surface area contributed by atoms with Crippen molar-refractivity contribution in [3.63, 3.8) is 0 Å². The van der Waals surface area contributed by atoms with E-state index in [4.69, 9.17) is 23.2 Å². The molecule has 8 heteroatoms. The second kappa shape index (κ2) is 5.33. The third kappa shape index (κ3) is 3.87. The van der Waals surface area contributed by atoms with Crippen LogP contribution in [0, 0.1) is 0 Å². The van der Waals surface area contributed by atoms with Crippen LogP contribution in [0.25, 0.3) is 0 Å². The molecule has 3 nitrogen and oxygen atoms in total. The summed E-state index contributed by atoms with van der Waals surface area (Å²) in [6, 6.07) is 1.34. The second-order valence-electron chi connectivity index (χ2n) is 2.82. The Labute approximate surface area is 111 Å². The third-order valence-corrected chi connectivity index (χ3v) is 4.97. The Morgan fingerprint density at radius 1 is 1.60 bits per heavy atom. The van der Waals surface area contributed by atoms with Gasteiger partial charge in [0.25, 0.3) is 0 Å². The molecule has 0 bridgehead atoms. The predicted octanol–water partition coefficient (Wildman–Crippen LogP) is 3.12. The first-order chi connectivity index (χ1) is 6.83. The van der Waals surface area contributed by atoms with Crippen LogP contribution in [0.3, 0.4) is 0 Å². The van der Waals surface area contributed by atoms with Gasteiger partial charge in [0.15, 0.2) is 0 Å². The molecule has 0 saturated heterocycles.